The average Bonchev–Trinajstić information content (AvgIpc) is 3.21. The van der Waals surface area contributed by atoms with Crippen LogP contribution in [-0.4, -0.2) is 37.2 Å². The van der Waals surface area contributed by atoms with Crippen LogP contribution in [0.25, 0.3) is 0 Å². The summed E-state index contributed by atoms with van der Waals surface area (Å²) in [4.78, 5) is 26.8. The third-order valence-electron chi connectivity index (χ3n) is 4.92. The molecule has 0 spiro atoms. The molecule has 2 aliphatic rings. The molecular weight excluding hydrogens is 466 g/mol. The van der Waals surface area contributed by atoms with Crippen molar-refractivity contribution in [2.75, 3.05) is 16.7 Å². The van der Waals surface area contributed by atoms with Crippen LogP contribution >= 0.6 is 34.7 Å². The van der Waals surface area contributed by atoms with Crippen LogP contribution in [0.15, 0.2) is 24.3 Å². The second kappa shape index (κ2) is 8.41. The minimum atomic E-state index is -3.55. The van der Waals surface area contributed by atoms with Crippen LogP contribution < -0.4 is 10.1 Å². The third-order valence-corrected chi connectivity index (χ3v) is 8.30. The molecule has 11 heteroatoms. The molecule has 160 valence electrons. The van der Waals surface area contributed by atoms with Gasteiger partial charge in [0.05, 0.1) is 17.6 Å². The van der Waals surface area contributed by atoms with Gasteiger partial charge in [0.15, 0.2) is 0 Å². The Labute approximate surface area is 188 Å². The van der Waals surface area contributed by atoms with Crippen LogP contribution in [0.4, 0.5) is 5.00 Å². The number of carbonyl (C=O) groups is 2. The Morgan fingerprint density at radius 3 is 2.60 bits per heavy atom. The number of hydrazine groups is 1. The summed E-state index contributed by atoms with van der Waals surface area (Å²) in [6.45, 7) is 0. The average molecular weight is 486 g/mol. The number of fused-ring (bicyclic) bond motifs is 1. The molecule has 7 nitrogen and oxygen atoms in total. The first-order valence-corrected chi connectivity index (χ1v) is 13.5. The van der Waals surface area contributed by atoms with Crippen LogP contribution in [0.1, 0.15) is 44.6 Å². The molecule has 1 unspecified atom stereocenters. The molecule has 4 rings (SSSR count). The van der Waals surface area contributed by atoms with Crippen molar-refractivity contribution >= 4 is 61.5 Å². The van der Waals surface area contributed by atoms with Gasteiger partial charge >= 0.3 is 0 Å². The second-order valence-corrected chi connectivity index (χ2v) is 11.6. The first kappa shape index (κ1) is 21.5. The lowest BCUT2D eigenvalue weighted by molar-refractivity contribution is -0.130. The minimum absolute atomic E-state index is 0.213. The summed E-state index contributed by atoms with van der Waals surface area (Å²) >= 11 is 8.67. The number of thioether (sulfide) groups is 1. The van der Waals surface area contributed by atoms with E-state index in [0.29, 0.717) is 22.0 Å². The van der Waals surface area contributed by atoms with Crippen molar-refractivity contribution in [3.05, 3.63) is 50.9 Å². The summed E-state index contributed by atoms with van der Waals surface area (Å²) in [6, 6.07) is 7.12. The van der Waals surface area contributed by atoms with Crippen molar-refractivity contribution in [3.63, 3.8) is 0 Å². The smallest absolute Gasteiger partial charge is 0.273 e. The van der Waals surface area contributed by atoms with Gasteiger partial charge in [0.1, 0.15) is 10.4 Å². The number of amides is 2. The zero-order valence-corrected chi connectivity index (χ0v) is 19.3. The Bertz CT molecular complexity index is 1100. The summed E-state index contributed by atoms with van der Waals surface area (Å²) in [7, 11) is -3.55. The predicted molar refractivity (Wildman–Crippen MR) is 120 cm³/mol. The van der Waals surface area contributed by atoms with Crippen LogP contribution in [0.3, 0.4) is 0 Å². The van der Waals surface area contributed by atoms with Gasteiger partial charge in [0.2, 0.25) is 10.0 Å². The largest absolute Gasteiger partial charge is 0.274 e. The van der Waals surface area contributed by atoms with Crippen molar-refractivity contribution in [1.82, 2.24) is 10.4 Å². The molecule has 1 aromatic heterocycles. The van der Waals surface area contributed by atoms with E-state index in [-0.39, 0.29) is 17.0 Å². The van der Waals surface area contributed by atoms with E-state index in [0.717, 1.165) is 41.5 Å². The SMILES string of the molecule is CS(=O)(=O)Nc1sc2c(c1C(=O)NN1C(=O)CSC1c1ccc(Cl)cc1)CCCC2. The van der Waals surface area contributed by atoms with Gasteiger partial charge in [-0.05, 0) is 48.9 Å². The predicted octanol–water partition coefficient (Wildman–Crippen LogP) is 3.57. The number of carbonyl (C=O) groups excluding carboxylic acids is 2. The highest BCUT2D eigenvalue weighted by Crippen LogP contribution is 2.40. The molecule has 1 atom stereocenters. The van der Waals surface area contributed by atoms with Crippen molar-refractivity contribution in [1.29, 1.82) is 0 Å². The van der Waals surface area contributed by atoms with Gasteiger partial charge in [-0.25, -0.2) is 13.4 Å². The summed E-state index contributed by atoms with van der Waals surface area (Å²) in [5.74, 6) is -0.450. The molecule has 2 N–H and O–H groups in total. The molecule has 0 radical (unpaired) electrons. The number of rotatable bonds is 5. The normalized spacial score (nSPS) is 18.9. The number of sulfonamides is 1. The maximum absolute atomic E-state index is 13.3. The van der Waals surface area contributed by atoms with Crippen molar-refractivity contribution in [2.45, 2.75) is 31.1 Å². The zero-order valence-electron chi connectivity index (χ0n) is 16.1. The molecule has 0 bridgehead atoms. The lowest BCUT2D eigenvalue weighted by Crippen LogP contribution is -2.45. The molecule has 1 saturated heterocycles. The molecule has 1 aliphatic carbocycles. The van der Waals surface area contributed by atoms with Gasteiger partial charge in [0.25, 0.3) is 11.8 Å². The third kappa shape index (κ3) is 4.46. The standard InChI is InChI=1S/C19H20ClN3O4S3/c1-30(26,27)22-18-16(13-4-2-3-5-14(13)29-18)17(25)21-23-15(24)10-28-19(23)11-6-8-12(20)9-7-11/h6-9,19,22H,2-5,10H2,1H3,(H,21,25). The van der Waals surface area contributed by atoms with E-state index in [2.05, 4.69) is 10.1 Å². The summed E-state index contributed by atoms with van der Waals surface area (Å²) < 4.78 is 26.1. The molecule has 30 heavy (non-hydrogen) atoms. The molecule has 2 amide bonds. The highest BCUT2D eigenvalue weighted by molar-refractivity contribution is 8.00. The van der Waals surface area contributed by atoms with E-state index in [1.165, 1.54) is 28.1 Å². The van der Waals surface area contributed by atoms with Crippen LogP contribution in [0.2, 0.25) is 5.02 Å². The summed E-state index contributed by atoms with van der Waals surface area (Å²) in [5, 5.41) is 1.85. The lowest BCUT2D eigenvalue weighted by atomic mass is 9.95. The fourth-order valence-electron chi connectivity index (χ4n) is 3.63. The molecule has 0 saturated carbocycles. The van der Waals surface area contributed by atoms with Crippen molar-refractivity contribution in [3.8, 4) is 0 Å². The maximum Gasteiger partial charge on any atom is 0.273 e. The minimum Gasteiger partial charge on any atom is -0.274 e. The van der Waals surface area contributed by atoms with Gasteiger partial charge in [-0.1, -0.05) is 23.7 Å². The molecule has 2 aromatic rings. The van der Waals surface area contributed by atoms with Crippen LogP contribution in [0, 0.1) is 0 Å². The highest BCUT2D eigenvalue weighted by atomic mass is 35.5. The van der Waals surface area contributed by atoms with Crippen molar-refractivity contribution < 1.29 is 18.0 Å². The Kier molecular flexibility index (Phi) is 6.02. The molecule has 1 fully saturated rings. The van der Waals surface area contributed by atoms with Crippen LogP contribution in [0.5, 0.6) is 0 Å². The number of anilines is 1. The number of benzene rings is 1. The lowest BCUT2D eigenvalue weighted by Gasteiger charge is -2.25. The highest BCUT2D eigenvalue weighted by Gasteiger charge is 2.36. The number of halogens is 1. The zero-order chi connectivity index (χ0) is 21.5. The van der Waals surface area contributed by atoms with E-state index in [1.807, 2.05) is 12.1 Å². The number of nitrogens with one attached hydrogen (secondary N) is 2. The topological polar surface area (TPSA) is 95.6 Å². The number of nitrogens with zero attached hydrogens (tertiary/aromatic N) is 1. The number of aryl methyl sites for hydroxylation is 1. The number of hydrogen-bond donors (Lipinski definition) is 2. The fraction of sp³-hybridized carbons (Fsp3) is 0.368. The van der Waals surface area contributed by atoms with E-state index in [1.54, 1.807) is 12.1 Å². The summed E-state index contributed by atoms with van der Waals surface area (Å²) in [5.41, 5.74) is 4.77. The van der Waals surface area contributed by atoms with Gasteiger partial charge < -0.3 is 0 Å². The van der Waals surface area contributed by atoms with E-state index in [4.69, 9.17) is 11.6 Å². The summed E-state index contributed by atoms with van der Waals surface area (Å²) in [6.07, 6.45) is 4.53. The van der Waals surface area contributed by atoms with Gasteiger partial charge in [-0.15, -0.1) is 23.1 Å². The van der Waals surface area contributed by atoms with E-state index < -0.39 is 15.9 Å². The molecular formula is C19H20ClN3O4S3. The Morgan fingerprint density at radius 1 is 1.20 bits per heavy atom. The van der Waals surface area contributed by atoms with Gasteiger partial charge in [-0.2, -0.15) is 0 Å². The fourth-order valence-corrected chi connectivity index (χ4v) is 7.06. The first-order chi connectivity index (χ1) is 14.2. The Balaban J connectivity index is 1.65. The van der Waals surface area contributed by atoms with Gasteiger partial charge in [-0.3, -0.25) is 19.7 Å². The molecule has 2 heterocycles. The van der Waals surface area contributed by atoms with Crippen LogP contribution in [-0.2, 0) is 27.7 Å². The quantitative estimate of drug-likeness (QED) is 0.675. The molecule has 1 aliphatic heterocycles. The van der Waals surface area contributed by atoms with E-state index >= 15 is 0 Å². The maximum atomic E-state index is 13.3. The number of thiophene rings is 1. The Morgan fingerprint density at radius 2 is 1.90 bits per heavy atom. The van der Waals surface area contributed by atoms with E-state index in [9.17, 15) is 18.0 Å². The first-order valence-electron chi connectivity index (χ1n) is 9.35. The monoisotopic (exact) mass is 485 g/mol. The number of hydrogen-bond acceptors (Lipinski definition) is 6. The molecule has 1 aromatic carbocycles. The Hall–Kier alpha value is -1.75. The van der Waals surface area contributed by atoms with Crippen molar-refractivity contribution in [2.24, 2.45) is 0 Å². The second-order valence-electron chi connectivity index (χ2n) is 7.21. The van der Waals surface area contributed by atoms with Gasteiger partial charge in [0, 0.05) is 9.90 Å².